The number of rotatable bonds is 9. The molecule has 0 aliphatic rings. The Morgan fingerprint density at radius 2 is 2.00 bits per heavy atom. The molecule has 0 aliphatic carbocycles. The van der Waals surface area contributed by atoms with Gasteiger partial charge in [0, 0.05) is 6.61 Å². The maximum Gasteiger partial charge on any atom is 0.0438 e. The summed E-state index contributed by atoms with van der Waals surface area (Å²) in [7, 11) is 0. The molecule has 0 aromatic carbocycles. The number of aliphatic hydroxyl groups excluding tert-OH is 1. The van der Waals surface area contributed by atoms with Crippen LogP contribution in [-0.4, -0.2) is 23.2 Å². The second-order valence-electron chi connectivity index (χ2n) is 3.57. The number of unbranched alkanes of at least 4 members (excludes halogenated alkanes) is 1. The highest BCUT2D eigenvalue weighted by Crippen LogP contribution is 2.18. The van der Waals surface area contributed by atoms with Crippen molar-refractivity contribution in [1.82, 2.24) is 0 Å². The lowest BCUT2D eigenvalue weighted by atomic mass is 10.0. The maximum absolute atomic E-state index is 8.62. The summed E-state index contributed by atoms with van der Waals surface area (Å²) >= 11 is 2.00. The Morgan fingerprint density at radius 1 is 1.23 bits per heavy atom. The molecule has 0 aliphatic heterocycles. The van der Waals surface area contributed by atoms with E-state index in [9.17, 15) is 0 Å². The quantitative estimate of drug-likeness (QED) is 0.581. The highest BCUT2D eigenvalue weighted by atomic mass is 32.2. The number of aliphatic hydroxyl groups is 1. The van der Waals surface area contributed by atoms with Crippen molar-refractivity contribution >= 4 is 11.8 Å². The van der Waals surface area contributed by atoms with Crippen LogP contribution in [0.1, 0.15) is 46.0 Å². The van der Waals surface area contributed by atoms with Gasteiger partial charge in [-0.05, 0) is 30.3 Å². The highest BCUT2D eigenvalue weighted by Gasteiger charge is 2.04. The van der Waals surface area contributed by atoms with E-state index < -0.39 is 0 Å². The fraction of sp³-hybridized carbons (Fsp3) is 1.00. The van der Waals surface area contributed by atoms with Crippen molar-refractivity contribution in [1.29, 1.82) is 0 Å². The zero-order valence-electron chi connectivity index (χ0n) is 9.09. The molecule has 0 saturated carbocycles. The molecule has 1 unspecified atom stereocenters. The van der Waals surface area contributed by atoms with Crippen molar-refractivity contribution in [3.8, 4) is 0 Å². The molecular formula is C11H24OS. The van der Waals surface area contributed by atoms with Crippen LogP contribution >= 0.6 is 11.8 Å². The first kappa shape index (κ1) is 13.3. The van der Waals surface area contributed by atoms with E-state index in [-0.39, 0.29) is 0 Å². The van der Waals surface area contributed by atoms with Gasteiger partial charge in [0.05, 0.1) is 0 Å². The Morgan fingerprint density at radius 3 is 2.54 bits per heavy atom. The van der Waals surface area contributed by atoms with Crippen molar-refractivity contribution < 1.29 is 5.11 Å². The highest BCUT2D eigenvalue weighted by molar-refractivity contribution is 7.99. The maximum atomic E-state index is 8.62. The molecule has 0 amide bonds. The lowest BCUT2D eigenvalue weighted by Crippen LogP contribution is -2.03. The molecule has 0 aromatic heterocycles. The minimum absolute atomic E-state index is 0.346. The molecule has 0 fully saturated rings. The van der Waals surface area contributed by atoms with Crippen molar-refractivity contribution in [2.45, 2.75) is 46.0 Å². The summed E-state index contributed by atoms with van der Waals surface area (Å²) in [5.74, 6) is 3.32. The minimum Gasteiger partial charge on any atom is -0.396 e. The third-order valence-corrected chi connectivity index (χ3v) is 3.63. The van der Waals surface area contributed by atoms with Crippen molar-refractivity contribution in [3.05, 3.63) is 0 Å². The molecule has 0 bridgehead atoms. The Kier molecular flexibility index (Phi) is 10.6. The molecule has 0 heterocycles. The summed E-state index contributed by atoms with van der Waals surface area (Å²) in [4.78, 5) is 0. The van der Waals surface area contributed by atoms with E-state index in [0.29, 0.717) is 6.61 Å². The van der Waals surface area contributed by atoms with E-state index in [0.717, 1.165) is 18.1 Å². The first-order valence-electron chi connectivity index (χ1n) is 5.53. The van der Waals surface area contributed by atoms with Crippen LogP contribution in [0.4, 0.5) is 0 Å². The smallest absolute Gasteiger partial charge is 0.0438 e. The lowest BCUT2D eigenvalue weighted by Gasteiger charge is -2.13. The first-order valence-corrected chi connectivity index (χ1v) is 6.69. The van der Waals surface area contributed by atoms with Crippen LogP contribution in [0, 0.1) is 5.92 Å². The van der Waals surface area contributed by atoms with Crippen LogP contribution < -0.4 is 0 Å². The van der Waals surface area contributed by atoms with E-state index in [1.807, 2.05) is 11.8 Å². The molecule has 13 heavy (non-hydrogen) atoms. The average Bonchev–Trinajstić information content (AvgIpc) is 2.17. The van der Waals surface area contributed by atoms with Gasteiger partial charge in [-0.1, -0.05) is 33.1 Å². The van der Waals surface area contributed by atoms with Crippen LogP contribution in [0.2, 0.25) is 0 Å². The summed E-state index contributed by atoms with van der Waals surface area (Å²) in [6, 6.07) is 0. The van der Waals surface area contributed by atoms with Gasteiger partial charge in [0.25, 0.3) is 0 Å². The van der Waals surface area contributed by atoms with Crippen molar-refractivity contribution in [2.24, 2.45) is 5.92 Å². The molecule has 0 aromatic rings. The lowest BCUT2D eigenvalue weighted by molar-refractivity contribution is 0.296. The van der Waals surface area contributed by atoms with Crippen molar-refractivity contribution in [3.63, 3.8) is 0 Å². The molecule has 0 radical (unpaired) electrons. The van der Waals surface area contributed by atoms with Crippen LogP contribution in [0.25, 0.3) is 0 Å². The predicted molar refractivity (Wildman–Crippen MR) is 62.3 cm³/mol. The van der Waals surface area contributed by atoms with Gasteiger partial charge in [-0.2, -0.15) is 11.8 Å². The summed E-state index contributed by atoms with van der Waals surface area (Å²) in [6.45, 7) is 4.89. The van der Waals surface area contributed by atoms with Gasteiger partial charge in [-0.3, -0.25) is 0 Å². The standard InChI is InChI=1S/C11H24OS/c1-3-5-7-11(4-2)10-13-9-6-8-12/h11-12H,3-10H2,1-2H3. The van der Waals surface area contributed by atoms with E-state index in [2.05, 4.69) is 13.8 Å². The fourth-order valence-electron chi connectivity index (χ4n) is 1.31. The third-order valence-electron chi connectivity index (χ3n) is 2.34. The van der Waals surface area contributed by atoms with Gasteiger partial charge in [0.15, 0.2) is 0 Å². The summed E-state index contributed by atoms with van der Waals surface area (Å²) in [5.41, 5.74) is 0. The largest absolute Gasteiger partial charge is 0.396 e. The van der Waals surface area contributed by atoms with Crippen LogP contribution in [0.3, 0.4) is 0 Å². The molecular weight excluding hydrogens is 180 g/mol. The molecule has 2 heteroatoms. The average molecular weight is 204 g/mol. The number of hydrogen-bond acceptors (Lipinski definition) is 2. The fourth-order valence-corrected chi connectivity index (χ4v) is 2.55. The summed E-state index contributed by atoms with van der Waals surface area (Å²) in [5, 5.41) is 8.62. The Bertz CT molecular complexity index is 96.1. The normalized spacial score (nSPS) is 13.2. The van der Waals surface area contributed by atoms with Crippen LogP contribution in [0.15, 0.2) is 0 Å². The van der Waals surface area contributed by atoms with E-state index in [4.69, 9.17) is 5.11 Å². The van der Waals surface area contributed by atoms with Gasteiger partial charge in [-0.15, -0.1) is 0 Å². The molecule has 0 spiro atoms. The monoisotopic (exact) mass is 204 g/mol. The number of thioether (sulfide) groups is 1. The molecule has 1 nitrogen and oxygen atoms in total. The molecule has 80 valence electrons. The van der Waals surface area contributed by atoms with E-state index >= 15 is 0 Å². The zero-order chi connectivity index (χ0) is 9.94. The third kappa shape index (κ3) is 8.63. The number of hydrogen-bond donors (Lipinski definition) is 1. The minimum atomic E-state index is 0.346. The van der Waals surface area contributed by atoms with Gasteiger partial charge in [0.2, 0.25) is 0 Å². The summed E-state index contributed by atoms with van der Waals surface area (Å²) in [6.07, 6.45) is 6.34. The summed E-state index contributed by atoms with van der Waals surface area (Å²) < 4.78 is 0. The van der Waals surface area contributed by atoms with Gasteiger partial charge < -0.3 is 5.11 Å². The Labute approximate surface area is 87.3 Å². The predicted octanol–water partition coefficient (Wildman–Crippen LogP) is 3.32. The van der Waals surface area contributed by atoms with Crippen LogP contribution in [-0.2, 0) is 0 Å². The van der Waals surface area contributed by atoms with E-state index in [1.54, 1.807) is 0 Å². The Balaban J connectivity index is 3.25. The topological polar surface area (TPSA) is 20.2 Å². The molecule has 1 atom stereocenters. The van der Waals surface area contributed by atoms with Gasteiger partial charge in [-0.25, -0.2) is 0 Å². The molecule has 0 saturated heterocycles. The zero-order valence-corrected chi connectivity index (χ0v) is 9.91. The second kappa shape index (κ2) is 10.4. The first-order chi connectivity index (χ1) is 6.35. The van der Waals surface area contributed by atoms with Gasteiger partial charge in [0.1, 0.15) is 0 Å². The van der Waals surface area contributed by atoms with E-state index in [1.165, 1.54) is 31.4 Å². The van der Waals surface area contributed by atoms with Gasteiger partial charge >= 0.3 is 0 Å². The molecule has 0 rings (SSSR count). The SMILES string of the molecule is CCCCC(CC)CSCCCO. The van der Waals surface area contributed by atoms with Crippen molar-refractivity contribution in [2.75, 3.05) is 18.1 Å². The second-order valence-corrected chi connectivity index (χ2v) is 4.72. The molecule has 1 N–H and O–H groups in total. The Hall–Kier alpha value is 0.310. The van der Waals surface area contributed by atoms with Crippen LogP contribution in [0.5, 0.6) is 0 Å².